The average Bonchev–Trinajstić information content (AvgIpc) is 3.85. The molecule has 0 spiro atoms. The summed E-state index contributed by atoms with van der Waals surface area (Å²) in [5.41, 5.74) is 13.3. The summed E-state index contributed by atoms with van der Waals surface area (Å²) in [6.07, 6.45) is 3.66. The SMILES string of the molecule is c1ccc(-c2nccc3c2oc2cccnc23)c(-c2ccccc2-n2c3ccccc3c3cc(-n4c5ccccc5c5ccccc54)ccc32)c1. The Bertz CT molecular complexity index is 3110. The van der Waals surface area contributed by atoms with Gasteiger partial charge >= 0.3 is 0 Å². The molecule has 11 aromatic rings. The van der Waals surface area contributed by atoms with Crippen LogP contribution in [0.5, 0.6) is 0 Å². The molecule has 0 aliphatic heterocycles. The molecule has 6 aromatic carbocycles. The summed E-state index contributed by atoms with van der Waals surface area (Å²) < 4.78 is 11.2. The first-order chi connectivity index (χ1) is 25.3. The van der Waals surface area contributed by atoms with E-state index in [9.17, 15) is 0 Å². The minimum absolute atomic E-state index is 0.741. The van der Waals surface area contributed by atoms with Gasteiger partial charge < -0.3 is 13.6 Å². The Labute approximate surface area is 292 Å². The molecule has 238 valence electrons. The fourth-order valence-electron chi connectivity index (χ4n) is 8.10. The summed E-state index contributed by atoms with van der Waals surface area (Å²) in [4.78, 5) is 9.51. The van der Waals surface area contributed by atoms with Gasteiger partial charge in [-0.25, -0.2) is 0 Å². The van der Waals surface area contributed by atoms with Crippen LogP contribution in [0.4, 0.5) is 0 Å². The van der Waals surface area contributed by atoms with E-state index in [1.54, 1.807) is 6.20 Å². The van der Waals surface area contributed by atoms with Crippen LogP contribution in [0.25, 0.3) is 99.4 Å². The Balaban J connectivity index is 1.15. The maximum atomic E-state index is 6.41. The van der Waals surface area contributed by atoms with Crippen LogP contribution in [0.2, 0.25) is 0 Å². The number of hydrogen-bond donors (Lipinski definition) is 0. The van der Waals surface area contributed by atoms with Crippen LogP contribution in [0.1, 0.15) is 0 Å². The number of hydrogen-bond acceptors (Lipinski definition) is 3. The van der Waals surface area contributed by atoms with Gasteiger partial charge in [0.15, 0.2) is 11.2 Å². The van der Waals surface area contributed by atoms with Crippen molar-refractivity contribution in [3.63, 3.8) is 0 Å². The molecule has 0 saturated carbocycles. The van der Waals surface area contributed by atoms with Gasteiger partial charge in [-0.05, 0) is 66.2 Å². The smallest absolute Gasteiger partial charge is 0.163 e. The summed E-state index contributed by atoms with van der Waals surface area (Å²) in [6, 6.07) is 56.0. The first-order valence-electron chi connectivity index (χ1n) is 17.2. The van der Waals surface area contributed by atoms with Gasteiger partial charge in [-0.3, -0.25) is 9.97 Å². The predicted molar refractivity (Wildman–Crippen MR) is 209 cm³/mol. The molecule has 0 amide bonds. The monoisotopic (exact) mass is 652 g/mol. The van der Waals surface area contributed by atoms with E-state index >= 15 is 0 Å². The lowest BCUT2D eigenvalue weighted by Gasteiger charge is -2.17. The number of benzene rings is 6. The lowest BCUT2D eigenvalue weighted by Crippen LogP contribution is -1.99. The van der Waals surface area contributed by atoms with Crippen LogP contribution < -0.4 is 0 Å². The summed E-state index contributed by atoms with van der Waals surface area (Å²) in [5.74, 6) is 0. The number of rotatable bonds is 4. The minimum Gasteiger partial charge on any atom is -0.452 e. The van der Waals surface area contributed by atoms with E-state index in [-0.39, 0.29) is 0 Å². The van der Waals surface area contributed by atoms with Gasteiger partial charge in [-0.2, -0.15) is 0 Å². The van der Waals surface area contributed by atoms with Crippen molar-refractivity contribution < 1.29 is 4.42 Å². The second-order valence-corrected chi connectivity index (χ2v) is 13.0. The lowest BCUT2D eigenvalue weighted by atomic mass is 9.95. The lowest BCUT2D eigenvalue weighted by molar-refractivity contribution is 0.667. The molecular formula is C46H28N4O. The fraction of sp³-hybridized carbons (Fsp3) is 0. The normalized spacial score (nSPS) is 11.9. The number of aromatic nitrogens is 4. The zero-order valence-corrected chi connectivity index (χ0v) is 27.4. The second-order valence-electron chi connectivity index (χ2n) is 13.0. The van der Waals surface area contributed by atoms with Crippen molar-refractivity contribution in [3.8, 4) is 33.8 Å². The van der Waals surface area contributed by atoms with Crippen molar-refractivity contribution >= 4 is 65.7 Å². The summed E-state index contributed by atoms with van der Waals surface area (Å²) >= 11 is 0. The van der Waals surface area contributed by atoms with Crippen molar-refractivity contribution in [2.75, 3.05) is 0 Å². The third-order valence-electron chi connectivity index (χ3n) is 10.3. The molecule has 0 bridgehead atoms. The maximum Gasteiger partial charge on any atom is 0.163 e. The summed E-state index contributed by atoms with van der Waals surface area (Å²) in [6.45, 7) is 0. The number of furan rings is 1. The van der Waals surface area contributed by atoms with Gasteiger partial charge in [0.1, 0.15) is 11.2 Å². The molecular weight excluding hydrogens is 625 g/mol. The molecule has 0 saturated heterocycles. The number of pyridine rings is 2. The van der Waals surface area contributed by atoms with Gasteiger partial charge in [0, 0.05) is 50.8 Å². The van der Waals surface area contributed by atoms with Crippen LogP contribution >= 0.6 is 0 Å². The molecule has 0 atom stereocenters. The third kappa shape index (κ3) is 4.03. The predicted octanol–water partition coefficient (Wildman–Crippen LogP) is 11.9. The number of nitrogens with zero attached hydrogens (tertiary/aromatic N) is 4. The first-order valence-corrected chi connectivity index (χ1v) is 17.2. The molecule has 0 N–H and O–H groups in total. The molecule has 0 unspecified atom stereocenters. The number of para-hydroxylation sites is 4. The van der Waals surface area contributed by atoms with E-state index in [4.69, 9.17) is 9.40 Å². The topological polar surface area (TPSA) is 48.8 Å². The largest absolute Gasteiger partial charge is 0.452 e. The quantitative estimate of drug-likeness (QED) is 0.190. The zero-order chi connectivity index (χ0) is 33.5. The third-order valence-corrected chi connectivity index (χ3v) is 10.3. The molecule has 5 nitrogen and oxygen atoms in total. The summed E-state index contributed by atoms with van der Waals surface area (Å²) in [5, 5.41) is 5.88. The fourth-order valence-corrected chi connectivity index (χ4v) is 8.10. The molecule has 5 heterocycles. The van der Waals surface area contributed by atoms with Crippen LogP contribution in [-0.2, 0) is 0 Å². The highest BCUT2D eigenvalue weighted by Gasteiger charge is 2.21. The average molecular weight is 653 g/mol. The zero-order valence-electron chi connectivity index (χ0n) is 27.4. The molecule has 5 heteroatoms. The molecule has 11 rings (SSSR count). The van der Waals surface area contributed by atoms with Crippen molar-refractivity contribution in [1.29, 1.82) is 0 Å². The van der Waals surface area contributed by atoms with Gasteiger partial charge in [0.05, 0.1) is 33.1 Å². The van der Waals surface area contributed by atoms with Crippen molar-refractivity contribution in [1.82, 2.24) is 19.1 Å². The Morgan fingerprint density at radius 2 is 1.02 bits per heavy atom. The second kappa shape index (κ2) is 10.8. The first kappa shape index (κ1) is 27.9. The molecule has 51 heavy (non-hydrogen) atoms. The highest BCUT2D eigenvalue weighted by molar-refractivity contribution is 6.13. The van der Waals surface area contributed by atoms with Crippen LogP contribution in [0.3, 0.4) is 0 Å². The van der Waals surface area contributed by atoms with Crippen LogP contribution in [0.15, 0.2) is 175 Å². The molecule has 0 aliphatic rings. The highest BCUT2D eigenvalue weighted by Crippen LogP contribution is 2.42. The minimum atomic E-state index is 0.741. The van der Waals surface area contributed by atoms with Crippen LogP contribution in [-0.4, -0.2) is 19.1 Å². The Hall–Kier alpha value is -6.98. The van der Waals surface area contributed by atoms with E-state index in [0.717, 1.165) is 66.9 Å². The Kier molecular flexibility index (Phi) is 5.89. The van der Waals surface area contributed by atoms with E-state index in [0.29, 0.717) is 0 Å². The van der Waals surface area contributed by atoms with E-state index in [2.05, 4.69) is 154 Å². The van der Waals surface area contributed by atoms with Crippen molar-refractivity contribution in [2.45, 2.75) is 0 Å². The number of fused-ring (bicyclic) bond motifs is 9. The standard InChI is InChI=1S/C46H28N4O/c1-2-17-35(45-46-36(25-27-48-45)44-43(51-46)22-11-26-47-44)30(12-1)31-13-3-9-20-40(31)50-41-21-10-6-16-34(41)37-28-29(23-24-42(37)50)49-38-18-7-4-14-32(38)33-15-5-8-19-39(33)49/h1-28H. The van der Waals surface area contributed by atoms with Crippen LogP contribution in [0, 0.1) is 0 Å². The van der Waals surface area contributed by atoms with Gasteiger partial charge in [0.2, 0.25) is 0 Å². The molecule has 0 fully saturated rings. The van der Waals surface area contributed by atoms with Gasteiger partial charge in [-0.15, -0.1) is 0 Å². The molecule has 0 radical (unpaired) electrons. The van der Waals surface area contributed by atoms with E-state index in [1.807, 2.05) is 24.4 Å². The van der Waals surface area contributed by atoms with Gasteiger partial charge in [-0.1, -0.05) is 97.1 Å². The molecule has 5 aromatic heterocycles. The Morgan fingerprint density at radius 3 is 1.78 bits per heavy atom. The van der Waals surface area contributed by atoms with Crippen molar-refractivity contribution in [3.05, 3.63) is 170 Å². The van der Waals surface area contributed by atoms with E-state index in [1.165, 1.54) is 32.6 Å². The van der Waals surface area contributed by atoms with E-state index < -0.39 is 0 Å². The van der Waals surface area contributed by atoms with Gasteiger partial charge in [0.25, 0.3) is 0 Å². The maximum absolute atomic E-state index is 6.41. The summed E-state index contributed by atoms with van der Waals surface area (Å²) in [7, 11) is 0. The van der Waals surface area contributed by atoms with Crippen molar-refractivity contribution in [2.24, 2.45) is 0 Å². The highest BCUT2D eigenvalue weighted by atomic mass is 16.3. The molecule has 0 aliphatic carbocycles. The Morgan fingerprint density at radius 1 is 0.412 bits per heavy atom.